The minimum Gasteiger partial charge on any atom is -0.343 e. The van der Waals surface area contributed by atoms with Crippen molar-refractivity contribution in [2.24, 2.45) is 17.3 Å². The third-order valence-corrected chi connectivity index (χ3v) is 6.07. The van der Waals surface area contributed by atoms with Crippen molar-refractivity contribution in [3.8, 4) is 0 Å². The molecule has 1 saturated carbocycles. The Morgan fingerprint density at radius 1 is 0.952 bits per heavy atom. The van der Waals surface area contributed by atoms with Gasteiger partial charge in [-0.3, -0.25) is 9.59 Å². The Bertz CT molecular complexity index is 421. The molecule has 4 heteroatoms. The third-order valence-electron chi connectivity index (χ3n) is 6.07. The molecular weight excluding hydrogens is 264 g/mol. The van der Waals surface area contributed by atoms with Crippen molar-refractivity contribution in [1.29, 1.82) is 0 Å². The lowest BCUT2D eigenvalue weighted by Crippen LogP contribution is -2.54. The van der Waals surface area contributed by atoms with Crippen molar-refractivity contribution in [3.05, 3.63) is 0 Å². The van der Waals surface area contributed by atoms with Crippen LogP contribution in [-0.2, 0) is 9.59 Å². The zero-order valence-electron chi connectivity index (χ0n) is 13.4. The van der Waals surface area contributed by atoms with Gasteiger partial charge in [-0.05, 0) is 43.4 Å². The smallest absolute Gasteiger partial charge is 0.226 e. The summed E-state index contributed by atoms with van der Waals surface area (Å²) in [5.41, 5.74) is -0.0188. The first-order valence-electron chi connectivity index (χ1n) is 8.56. The fourth-order valence-corrected chi connectivity index (χ4v) is 4.25. The molecule has 118 valence electrons. The van der Waals surface area contributed by atoms with Crippen LogP contribution in [0.3, 0.4) is 0 Å². The number of amides is 2. The van der Waals surface area contributed by atoms with Crippen LogP contribution in [0.5, 0.6) is 0 Å². The zero-order chi connectivity index (χ0) is 15.0. The van der Waals surface area contributed by atoms with E-state index in [0.717, 1.165) is 58.3 Å². The summed E-state index contributed by atoms with van der Waals surface area (Å²) < 4.78 is 0. The summed E-state index contributed by atoms with van der Waals surface area (Å²) in [5, 5.41) is 0. The Hall–Kier alpha value is -1.06. The lowest BCUT2D eigenvalue weighted by atomic mass is 9.53. The van der Waals surface area contributed by atoms with Gasteiger partial charge in [0.25, 0.3) is 0 Å². The number of carbonyl (C=O) groups excluding carboxylic acids is 2. The second-order valence-corrected chi connectivity index (χ2v) is 7.63. The average molecular weight is 292 g/mol. The predicted octanol–water partition coefficient (Wildman–Crippen LogP) is 2.28. The fraction of sp³-hybridized carbons (Fsp3) is 0.882. The standard InChI is InChI=1S/C17H28N2O2/c1-17(2)13(12-15(20)18-7-3-4-8-18)11-14(17)16(21)19-9-5-6-10-19/h13-14H,3-12H2,1-2H3/t13-,14+/m0/s1. The molecule has 0 radical (unpaired) electrons. The molecule has 0 N–H and O–H groups in total. The first kappa shape index (κ1) is 14.9. The molecule has 2 amide bonds. The summed E-state index contributed by atoms with van der Waals surface area (Å²) in [7, 11) is 0. The molecule has 0 spiro atoms. The molecule has 0 aromatic rings. The van der Waals surface area contributed by atoms with E-state index in [1.165, 1.54) is 0 Å². The van der Waals surface area contributed by atoms with E-state index in [1.807, 2.05) is 9.80 Å². The number of rotatable bonds is 3. The monoisotopic (exact) mass is 292 g/mol. The van der Waals surface area contributed by atoms with Gasteiger partial charge in [-0.1, -0.05) is 13.8 Å². The number of nitrogens with zero attached hydrogens (tertiary/aromatic N) is 2. The Kier molecular flexibility index (Phi) is 3.98. The van der Waals surface area contributed by atoms with Crippen molar-refractivity contribution < 1.29 is 9.59 Å². The van der Waals surface area contributed by atoms with Gasteiger partial charge < -0.3 is 9.80 Å². The molecule has 3 aliphatic rings. The first-order chi connectivity index (χ1) is 10.00. The number of likely N-dealkylation sites (tertiary alicyclic amines) is 2. The Morgan fingerprint density at radius 3 is 2.00 bits per heavy atom. The van der Waals surface area contributed by atoms with Crippen LogP contribution in [0, 0.1) is 17.3 Å². The van der Waals surface area contributed by atoms with Crippen molar-refractivity contribution in [1.82, 2.24) is 9.80 Å². The lowest BCUT2D eigenvalue weighted by Gasteiger charge is -2.52. The van der Waals surface area contributed by atoms with Gasteiger partial charge in [0, 0.05) is 38.5 Å². The summed E-state index contributed by atoms with van der Waals surface area (Å²) in [5.74, 6) is 1.15. The van der Waals surface area contributed by atoms with Crippen LogP contribution in [0.15, 0.2) is 0 Å². The minimum atomic E-state index is -0.0188. The summed E-state index contributed by atoms with van der Waals surface area (Å²) >= 11 is 0. The maximum Gasteiger partial charge on any atom is 0.226 e. The zero-order valence-corrected chi connectivity index (χ0v) is 13.4. The van der Waals surface area contributed by atoms with Gasteiger partial charge in [0.15, 0.2) is 0 Å². The van der Waals surface area contributed by atoms with Gasteiger partial charge >= 0.3 is 0 Å². The quantitative estimate of drug-likeness (QED) is 0.801. The largest absolute Gasteiger partial charge is 0.343 e. The van der Waals surface area contributed by atoms with Crippen molar-refractivity contribution in [2.75, 3.05) is 26.2 Å². The molecule has 21 heavy (non-hydrogen) atoms. The number of hydrogen-bond acceptors (Lipinski definition) is 2. The second kappa shape index (κ2) is 5.62. The van der Waals surface area contributed by atoms with Crippen molar-refractivity contribution in [2.45, 2.75) is 52.4 Å². The molecule has 1 aliphatic carbocycles. The lowest BCUT2D eigenvalue weighted by molar-refractivity contribution is -0.155. The fourth-order valence-electron chi connectivity index (χ4n) is 4.25. The van der Waals surface area contributed by atoms with Crippen LogP contribution in [0.4, 0.5) is 0 Å². The maximum atomic E-state index is 12.6. The summed E-state index contributed by atoms with van der Waals surface area (Å²) in [6.45, 7) is 8.09. The van der Waals surface area contributed by atoms with Gasteiger partial charge in [0.2, 0.25) is 11.8 Å². The van der Waals surface area contributed by atoms with E-state index in [-0.39, 0.29) is 11.3 Å². The van der Waals surface area contributed by atoms with E-state index in [0.29, 0.717) is 24.2 Å². The van der Waals surface area contributed by atoms with Gasteiger partial charge in [-0.2, -0.15) is 0 Å². The van der Waals surface area contributed by atoms with Crippen LogP contribution in [0.25, 0.3) is 0 Å². The number of hydrogen-bond donors (Lipinski definition) is 0. The Labute approximate surface area is 127 Å². The van der Waals surface area contributed by atoms with E-state index < -0.39 is 0 Å². The van der Waals surface area contributed by atoms with Gasteiger partial charge in [-0.25, -0.2) is 0 Å². The molecule has 2 aliphatic heterocycles. The van der Waals surface area contributed by atoms with E-state index in [4.69, 9.17) is 0 Å². The molecule has 0 aromatic carbocycles. The molecular formula is C17H28N2O2. The van der Waals surface area contributed by atoms with E-state index >= 15 is 0 Å². The molecule has 3 rings (SSSR count). The highest BCUT2D eigenvalue weighted by Crippen LogP contribution is 2.53. The molecule has 3 fully saturated rings. The van der Waals surface area contributed by atoms with E-state index in [9.17, 15) is 9.59 Å². The van der Waals surface area contributed by atoms with Crippen LogP contribution >= 0.6 is 0 Å². The average Bonchev–Trinajstić information content (AvgIpc) is 3.14. The topological polar surface area (TPSA) is 40.6 Å². The molecule has 2 saturated heterocycles. The Balaban J connectivity index is 1.55. The normalized spacial score (nSPS) is 31.3. The minimum absolute atomic E-state index is 0.0188. The third kappa shape index (κ3) is 2.69. The second-order valence-electron chi connectivity index (χ2n) is 7.63. The van der Waals surface area contributed by atoms with Crippen LogP contribution in [0.1, 0.15) is 52.4 Å². The molecule has 0 aromatic heterocycles. The molecule has 2 atom stereocenters. The van der Waals surface area contributed by atoms with Gasteiger partial charge in [0.05, 0.1) is 0 Å². The van der Waals surface area contributed by atoms with E-state index in [1.54, 1.807) is 0 Å². The predicted molar refractivity (Wildman–Crippen MR) is 81.6 cm³/mol. The first-order valence-corrected chi connectivity index (χ1v) is 8.56. The van der Waals surface area contributed by atoms with Crippen molar-refractivity contribution >= 4 is 11.8 Å². The molecule has 2 heterocycles. The molecule has 0 unspecified atom stereocenters. The SMILES string of the molecule is CC1(C)[C@H](CC(=O)N2CCCC2)C[C@@H]1C(=O)N1CCCC1. The Morgan fingerprint density at radius 2 is 1.48 bits per heavy atom. The molecule has 4 nitrogen and oxygen atoms in total. The van der Waals surface area contributed by atoms with Gasteiger partial charge in [-0.15, -0.1) is 0 Å². The van der Waals surface area contributed by atoms with Crippen LogP contribution in [-0.4, -0.2) is 47.8 Å². The highest BCUT2D eigenvalue weighted by molar-refractivity contribution is 5.82. The number of carbonyl (C=O) groups is 2. The summed E-state index contributed by atoms with van der Waals surface area (Å²) in [6.07, 6.45) is 6.13. The molecule has 0 bridgehead atoms. The van der Waals surface area contributed by atoms with Crippen LogP contribution < -0.4 is 0 Å². The maximum absolute atomic E-state index is 12.6. The van der Waals surface area contributed by atoms with E-state index in [2.05, 4.69) is 13.8 Å². The van der Waals surface area contributed by atoms with Crippen LogP contribution in [0.2, 0.25) is 0 Å². The highest BCUT2D eigenvalue weighted by atomic mass is 16.2. The summed E-state index contributed by atoms with van der Waals surface area (Å²) in [6, 6.07) is 0. The summed E-state index contributed by atoms with van der Waals surface area (Å²) in [4.78, 5) is 28.9. The highest BCUT2D eigenvalue weighted by Gasteiger charge is 2.53. The van der Waals surface area contributed by atoms with Crippen molar-refractivity contribution in [3.63, 3.8) is 0 Å². The van der Waals surface area contributed by atoms with Gasteiger partial charge in [0.1, 0.15) is 0 Å².